The van der Waals surface area contributed by atoms with E-state index < -0.39 is 0 Å². The van der Waals surface area contributed by atoms with Crippen LogP contribution in [0.15, 0.2) is 35.2 Å². The molecule has 0 saturated carbocycles. The molecule has 0 unspecified atom stereocenters. The summed E-state index contributed by atoms with van der Waals surface area (Å²) < 4.78 is 5.51. The Hall–Kier alpha value is -1.08. The van der Waals surface area contributed by atoms with Crippen LogP contribution in [0.3, 0.4) is 0 Å². The Labute approximate surface area is 110 Å². The van der Waals surface area contributed by atoms with Crippen molar-refractivity contribution in [1.82, 2.24) is 5.16 Å². The molecule has 1 N–H and O–H groups in total. The third kappa shape index (κ3) is 2.53. The third-order valence-electron chi connectivity index (χ3n) is 1.87. The summed E-state index contributed by atoms with van der Waals surface area (Å²) in [4.78, 5) is 11.7. The SMILES string of the molecule is O=C(Nc1cnoc1)c1ccc(I)c(Cl)c1. The molecule has 1 aromatic heterocycles. The summed E-state index contributed by atoms with van der Waals surface area (Å²) in [6, 6.07) is 5.11. The third-order valence-corrected chi connectivity index (χ3v) is 3.44. The van der Waals surface area contributed by atoms with Gasteiger partial charge in [0, 0.05) is 9.13 Å². The molecule has 2 rings (SSSR count). The maximum absolute atomic E-state index is 11.7. The summed E-state index contributed by atoms with van der Waals surface area (Å²) in [6.45, 7) is 0. The Balaban J connectivity index is 2.18. The lowest BCUT2D eigenvalue weighted by Gasteiger charge is -2.03. The first-order valence-electron chi connectivity index (χ1n) is 4.32. The second kappa shape index (κ2) is 4.84. The second-order valence-electron chi connectivity index (χ2n) is 3.00. The lowest BCUT2D eigenvalue weighted by molar-refractivity contribution is 0.102. The van der Waals surface area contributed by atoms with E-state index in [-0.39, 0.29) is 5.91 Å². The number of benzene rings is 1. The number of hydrogen-bond acceptors (Lipinski definition) is 3. The maximum Gasteiger partial charge on any atom is 0.255 e. The summed E-state index contributed by atoms with van der Waals surface area (Å²) in [6.07, 6.45) is 2.78. The molecule has 1 amide bonds. The van der Waals surface area contributed by atoms with Gasteiger partial charge in [0.15, 0.2) is 0 Å². The fourth-order valence-corrected chi connectivity index (χ4v) is 1.62. The molecule has 0 bridgehead atoms. The van der Waals surface area contributed by atoms with Crippen molar-refractivity contribution in [3.05, 3.63) is 44.8 Å². The van der Waals surface area contributed by atoms with Crippen molar-refractivity contribution in [3.8, 4) is 0 Å². The fourth-order valence-electron chi connectivity index (χ4n) is 1.11. The number of amides is 1. The van der Waals surface area contributed by atoms with Gasteiger partial charge in [0.2, 0.25) is 0 Å². The van der Waals surface area contributed by atoms with E-state index in [1.165, 1.54) is 12.5 Å². The van der Waals surface area contributed by atoms with E-state index in [1.54, 1.807) is 18.2 Å². The van der Waals surface area contributed by atoms with Gasteiger partial charge in [-0.1, -0.05) is 16.8 Å². The number of halogens is 2. The van der Waals surface area contributed by atoms with Crippen LogP contribution < -0.4 is 5.32 Å². The van der Waals surface area contributed by atoms with Gasteiger partial charge in [0.1, 0.15) is 12.0 Å². The van der Waals surface area contributed by atoms with Crippen LogP contribution in [0.2, 0.25) is 5.02 Å². The lowest BCUT2D eigenvalue weighted by Crippen LogP contribution is -2.11. The van der Waals surface area contributed by atoms with Crippen LogP contribution in [0.5, 0.6) is 0 Å². The highest BCUT2D eigenvalue weighted by atomic mass is 127. The monoisotopic (exact) mass is 348 g/mol. The first-order chi connectivity index (χ1) is 7.66. The lowest BCUT2D eigenvalue weighted by atomic mass is 10.2. The van der Waals surface area contributed by atoms with Crippen LogP contribution in [-0.2, 0) is 0 Å². The molecule has 1 heterocycles. The number of aromatic nitrogens is 1. The highest BCUT2D eigenvalue weighted by Gasteiger charge is 2.08. The van der Waals surface area contributed by atoms with Gasteiger partial charge in [0.25, 0.3) is 5.91 Å². The number of hydrogen-bond donors (Lipinski definition) is 1. The number of nitrogens with zero attached hydrogens (tertiary/aromatic N) is 1. The summed E-state index contributed by atoms with van der Waals surface area (Å²) in [5, 5.41) is 6.67. The molecular weight excluding hydrogens is 342 g/mol. The topological polar surface area (TPSA) is 55.1 Å². The summed E-state index contributed by atoms with van der Waals surface area (Å²) in [7, 11) is 0. The van der Waals surface area contributed by atoms with Crippen LogP contribution in [-0.4, -0.2) is 11.1 Å². The highest BCUT2D eigenvalue weighted by molar-refractivity contribution is 14.1. The molecule has 1 aromatic carbocycles. The average Bonchev–Trinajstić information content (AvgIpc) is 2.74. The van der Waals surface area contributed by atoms with Gasteiger partial charge in [-0.25, -0.2) is 0 Å². The van der Waals surface area contributed by atoms with E-state index >= 15 is 0 Å². The molecule has 0 fully saturated rings. The summed E-state index contributed by atoms with van der Waals surface area (Å²) in [5.41, 5.74) is 1.01. The predicted octanol–water partition coefficient (Wildman–Crippen LogP) is 3.18. The second-order valence-corrected chi connectivity index (χ2v) is 4.57. The molecule has 0 aliphatic rings. The van der Waals surface area contributed by atoms with Crippen LogP contribution in [0.25, 0.3) is 0 Å². The number of rotatable bonds is 2. The van der Waals surface area contributed by atoms with Crippen molar-refractivity contribution < 1.29 is 9.32 Å². The average molecular weight is 349 g/mol. The number of nitrogens with one attached hydrogen (secondary N) is 1. The molecule has 0 radical (unpaired) electrons. The Morgan fingerprint density at radius 2 is 2.31 bits per heavy atom. The predicted molar refractivity (Wildman–Crippen MR) is 68.6 cm³/mol. The molecule has 6 heteroatoms. The fraction of sp³-hybridized carbons (Fsp3) is 0. The van der Waals surface area contributed by atoms with Gasteiger partial charge in [-0.15, -0.1) is 0 Å². The van der Waals surface area contributed by atoms with Gasteiger partial charge >= 0.3 is 0 Å². The first-order valence-corrected chi connectivity index (χ1v) is 5.78. The van der Waals surface area contributed by atoms with E-state index in [0.717, 1.165) is 3.57 Å². The molecule has 4 nitrogen and oxygen atoms in total. The van der Waals surface area contributed by atoms with Gasteiger partial charge in [-0.2, -0.15) is 0 Å². The van der Waals surface area contributed by atoms with E-state index in [4.69, 9.17) is 11.6 Å². The van der Waals surface area contributed by atoms with E-state index in [2.05, 4.69) is 37.6 Å². The summed E-state index contributed by atoms with van der Waals surface area (Å²) in [5.74, 6) is -0.249. The molecular formula is C10H6ClIN2O2. The zero-order valence-corrected chi connectivity index (χ0v) is 10.8. The van der Waals surface area contributed by atoms with Crippen molar-refractivity contribution in [2.24, 2.45) is 0 Å². The largest absolute Gasteiger partial charge is 0.363 e. The standard InChI is InChI=1S/C10H6ClIN2O2/c11-8-3-6(1-2-9(8)12)10(15)14-7-4-13-16-5-7/h1-5H,(H,14,15). The molecule has 0 aliphatic heterocycles. The summed E-state index contributed by atoms with van der Waals surface area (Å²) >= 11 is 8.02. The maximum atomic E-state index is 11.7. The van der Waals surface area contributed by atoms with Crippen molar-refractivity contribution in [3.63, 3.8) is 0 Å². The number of carbonyl (C=O) groups is 1. The molecule has 0 atom stereocenters. The van der Waals surface area contributed by atoms with Crippen LogP contribution in [0.1, 0.15) is 10.4 Å². The van der Waals surface area contributed by atoms with Crippen LogP contribution in [0.4, 0.5) is 5.69 Å². The van der Waals surface area contributed by atoms with Gasteiger partial charge in [0.05, 0.1) is 11.2 Å². The van der Waals surface area contributed by atoms with Crippen molar-refractivity contribution in [2.75, 3.05) is 5.32 Å². The number of anilines is 1. The van der Waals surface area contributed by atoms with E-state index in [0.29, 0.717) is 16.3 Å². The Morgan fingerprint density at radius 1 is 1.50 bits per heavy atom. The van der Waals surface area contributed by atoms with Crippen LogP contribution in [0, 0.1) is 3.57 Å². The van der Waals surface area contributed by atoms with E-state index in [1.807, 2.05) is 0 Å². The highest BCUT2D eigenvalue weighted by Crippen LogP contribution is 2.20. The van der Waals surface area contributed by atoms with Crippen molar-refractivity contribution in [2.45, 2.75) is 0 Å². The zero-order valence-electron chi connectivity index (χ0n) is 7.91. The van der Waals surface area contributed by atoms with E-state index in [9.17, 15) is 4.79 Å². The van der Waals surface area contributed by atoms with Gasteiger partial charge in [-0.3, -0.25) is 4.79 Å². The molecule has 16 heavy (non-hydrogen) atoms. The molecule has 82 valence electrons. The molecule has 0 aliphatic carbocycles. The number of carbonyl (C=O) groups excluding carboxylic acids is 1. The smallest absolute Gasteiger partial charge is 0.255 e. The quantitative estimate of drug-likeness (QED) is 0.848. The molecule has 0 saturated heterocycles. The molecule has 2 aromatic rings. The minimum Gasteiger partial charge on any atom is -0.363 e. The van der Waals surface area contributed by atoms with Crippen LogP contribution >= 0.6 is 34.2 Å². The first kappa shape index (κ1) is 11.4. The minimum absolute atomic E-state index is 0.249. The van der Waals surface area contributed by atoms with Gasteiger partial charge < -0.3 is 9.84 Å². The minimum atomic E-state index is -0.249. The van der Waals surface area contributed by atoms with Crippen molar-refractivity contribution in [1.29, 1.82) is 0 Å². The normalized spacial score (nSPS) is 10.1. The zero-order chi connectivity index (χ0) is 11.5. The van der Waals surface area contributed by atoms with Crippen molar-refractivity contribution >= 4 is 45.8 Å². The Morgan fingerprint density at radius 3 is 2.94 bits per heavy atom. The Bertz CT molecular complexity index is 514. The Kier molecular flexibility index (Phi) is 3.45. The van der Waals surface area contributed by atoms with Gasteiger partial charge in [-0.05, 0) is 40.8 Å². The molecule has 0 spiro atoms.